The Morgan fingerprint density at radius 2 is 1.42 bits per heavy atom. The van der Waals surface area contributed by atoms with Gasteiger partial charge in [-0.1, -0.05) is 19.3 Å². The molecule has 6 N–H and O–H groups in total. The van der Waals surface area contributed by atoms with Gasteiger partial charge in [0, 0.05) is 6.54 Å². The molecule has 0 bridgehead atoms. The predicted molar refractivity (Wildman–Crippen MR) is 69.5 cm³/mol. The quantitative estimate of drug-likeness (QED) is 0.553. The standard InChI is InChI=1S/C12H22N4O3/c13-8-12(4-2-1-3-5-12)11(19)16(6-9(14)17)7-10(15)18/h1-8,13H2,(H2,14,17)(H2,15,18). The van der Waals surface area contributed by atoms with Gasteiger partial charge in [-0.3, -0.25) is 14.4 Å². The molecule has 1 aliphatic carbocycles. The highest BCUT2D eigenvalue weighted by molar-refractivity contribution is 5.91. The van der Waals surface area contributed by atoms with Gasteiger partial charge in [-0.25, -0.2) is 0 Å². The van der Waals surface area contributed by atoms with Gasteiger partial charge in [-0.2, -0.15) is 0 Å². The van der Waals surface area contributed by atoms with Gasteiger partial charge < -0.3 is 22.1 Å². The molecule has 0 atom stereocenters. The zero-order valence-corrected chi connectivity index (χ0v) is 11.1. The molecule has 108 valence electrons. The molecule has 0 aromatic carbocycles. The van der Waals surface area contributed by atoms with Crippen molar-refractivity contribution in [1.29, 1.82) is 0 Å². The number of carbonyl (C=O) groups excluding carboxylic acids is 3. The van der Waals surface area contributed by atoms with Crippen molar-refractivity contribution >= 4 is 17.7 Å². The Hall–Kier alpha value is -1.63. The van der Waals surface area contributed by atoms with Crippen molar-refractivity contribution in [2.45, 2.75) is 32.1 Å². The van der Waals surface area contributed by atoms with Crippen LogP contribution in [0.15, 0.2) is 0 Å². The molecule has 0 unspecified atom stereocenters. The number of rotatable bonds is 6. The van der Waals surface area contributed by atoms with E-state index in [0.717, 1.165) is 24.2 Å². The van der Waals surface area contributed by atoms with Crippen molar-refractivity contribution in [2.24, 2.45) is 22.6 Å². The van der Waals surface area contributed by atoms with Crippen LogP contribution in [0.25, 0.3) is 0 Å². The van der Waals surface area contributed by atoms with Crippen LogP contribution < -0.4 is 17.2 Å². The average molecular weight is 270 g/mol. The first kappa shape index (κ1) is 15.4. The van der Waals surface area contributed by atoms with Gasteiger partial charge in [0.1, 0.15) is 0 Å². The van der Waals surface area contributed by atoms with Gasteiger partial charge >= 0.3 is 0 Å². The van der Waals surface area contributed by atoms with Gasteiger partial charge in [0.2, 0.25) is 17.7 Å². The van der Waals surface area contributed by atoms with Crippen LogP contribution >= 0.6 is 0 Å². The zero-order chi connectivity index (χ0) is 14.5. The van der Waals surface area contributed by atoms with Crippen molar-refractivity contribution < 1.29 is 14.4 Å². The van der Waals surface area contributed by atoms with Crippen LogP contribution in [0.5, 0.6) is 0 Å². The largest absolute Gasteiger partial charge is 0.368 e. The lowest BCUT2D eigenvalue weighted by atomic mass is 9.73. The summed E-state index contributed by atoms with van der Waals surface area (Å²) in [6, 6.07) is 0. The minimum absolute atomic E-state index is 0.208. The molecular weight excluding hydrogens is 248 g/mol. The highest BCUT2D eigenvalue weighted by atomic mass is 16.2. The average Bonchev–Trinajstić information content (AvgIpc) is 2.36. The summed E-state index contributed by atoms with van der Waals surface area (Å²) in [5.41, 5.74) is 15.3. The van der Waals surface area contributed by atoms with Crippen LogP contribution in [0.3, 0.4) is 0 Å². The summed E-state index contributed by atoms with van der Waals surface area (Å²) >= 11 is 0. The predicted octanol–water partition coefficient (Wildman–Crippen LogP) is -1.31. The SMILES string of the molecule is NCC1(C(=O)N(CC(N)=O)CC(N)=O)CCCCC1. The van der Waals surface area contributed by atoms with Crippen LogP contribution in [-0.2, 0) is 14.4 Å². The summed E-state index contributed by atoms with van der Waals surface area (Å²) in [4.78, 5) is 35.7. The van der Waals surface area contributed by atoms with Crippen molar-refractivity contribution in [2.75, 3.05) is 19.6 Å². The maximum atomic E-state index is 12.6. The molecule has 0 heterocycles. The Bertz CT molecular complexity index is 348. The first-order valence-corrected chi connectivity index (χ1v) is 6.47. The topological polar surface area (TPSA) is 133 Å². The molecule has 1 aliphatic rings. The van der Waals surface area contributed by atoms with E-state index in [-0.39, 0.29) is 25.5 Å². The molecule has 3 amide bonds. The second-order valence-electron chi connectivity index (χ2n) is 5.14. The van der Waals surface area contributed by atoms with Crippen molar-refractivity contribution in [3.05, 3.63) is 0 Å². The lowest BCUT2D eigenvalue weighted by Crippen LogP contribution is -2.53. The van der Waals surface area contributed by atoms with Gasteiger partial charge in [0.15, 0.2) is 0 Å². The number of carbonyl (C=O) groups is 3. The Kier molecular flexibility index (Phi) is 5.29. The summed E-state index contributed by atoms with van der Waals surface area (Å²) in [5, 5.41) is 0. The molecule has 0 aromatic heterocycles. The second-order valence-corrected chi connectivity index (χ2v) is 5.14. The molecule has 1 saturated carbocycles. The van der Waals surface area contributed by atoms with E-state index in [1.54, 1.807) is 0 Å². The van der Waals surface area contributed by atoms with E-state index >= 15 is 0 Å². The molecule has 7 nitrogen and oxygen atoms in total. The molecule has 0 saturated heterocycles. The number of primary amides is 2. The fraction of sp³-hybridized carbons (Fsp3) is 0.750. The summed E-state index contributed by atoms with van der Waals surface area (Å²) in [6.45, 7) is -0.396. The van der Waals surface area contributed by atoms with E-state index in [0.29, 0.717) is 12.8 Å². The first-order chi connectivity index (χ1) is 8.91. The van der Waals surface area contributed by atoms with Gasteiger partial charge in [0.05, 0.1) is 18.5 Å². The highest BCUT2D eigenvalue weighted by Gasteiger charge is 2.41. The fourth-order valence-corrected chi connectivity index (χ4v) is 2.64. The van der Waals surface area contributed by atoms with Crippen LogP contribution in [0.1, 0.15) is 32.1 Å². The van der Waals surface area contributed by atoms with E-state index < -0.39 is 17.2 Å². The van der Waals surface area contributed by atoms with Crippen LogP contribution in [-0.4, -0.2) is 42.3 Å². The molecule has 19 heavy (non-hydrogen) atoms. The number of amides is 3. The van der Waals surface area contributed by atoms with Gasteiger partial charge in [-0.05, 0) is 12.8 Å². The Balaban J connectivity index is 2.88. The molecule has 1 rings (SSSR count). The van der Waals surface area contributed by atoms with Crippen molar-refractivity contribution in [3.8, 4) is 0 Å². The number of nitrogens with zero attached hydrogens (tertiary/aromatic N) is 1. The van der Waals surface area contributed by atoms with Crippen LogP contribution in [0.4, 0.5) is 0 Å². The molecule has 0 spiro atoms. The molecule has 0 aliphatic heterocycles. The number of hydrogen-bond acceptors (Lipinski definition) is 4. The van der Waals surface area contributed by atoms with E-state index in [2.05, 4.69) is 0 Å². The van der Waals surface area contributed by atoms with E-state index in [4.69, 9.17) is 17.2 Å². The van der Waals surface area contributed by atoms with Crippen LogP contribution in [0.2, 0.25) is 0 Å². The summed E-state index contributed by atoms with van der Waals surface area (Å²) < 4.78 is 0. The first-order valence-electron chi connectivity index (χ1n) is 6.47. The van der Waals surface area contributed by atoms with Crippen molar-refractivity contribution in [1.82, 2.24) is 4.90 Å². The summed E-state index contributed by atoms with van der Waals surface area (Å²) in [7, 11) is 0. The van der Waals surface area contributed by atoms with E-state index in [1.165, 1.54) is 0 Å². The maximum absolute atomic E-state index is 12.6. The van der Waals surface area contributed by atoms with E-state index in [9.17, 15) is 14.4 Å². The fourth-order valence-electron chi connectivity index (χ4n) is 2.64. The molecule has 0 aromatic rings. The molecular formula is C12H22N4O3. The third-order valence-electron chi connectivity index (χ3n) is 3.64. The third kappa shape index (κ3) is 3.92. The molecule has 0 radical (unpaired) electrons. The highest BCUT2D eigenvalue weighted by Crippen LogP contribution is 2.37. The minimum atomic E-state index is -0.677. The normalized spacial score (nSPS) is 17.7. The molecule has 7 heteroatoms. The third-order valence-corrected chi connectivity index (χ3v) is 3.64. The lowest BCUT2D eigenvalue weighted by Gasteiger charge is -2.38. The maximum Gasteiger partial charge on any atom is 0.237 e. The summed E-state index contributed by atoms with van der Waals surface area (Å²) in [6.07, 6.45) is 4.27. The second kappa shape index (κ2) is 6.51. The monoisotopic (exact) mass is 270 g/mol. The number of hydrogen-bond donors (Lipinski definition) is 3. The Morgan fingerprint density at radius 1 is 0.947 bits per heavy atom. The smallest absolute Gasteiger partial charge is 0.237 e. The summed E-state index contributed by atoms with van der Waals surface area (Å²) in [5.74, 6) is -1.62. The Morgan fingerprint density at radius 3 is 1.79 bits per heavy atom. The van der Waals surface area contributed by atoms with E-state index in [1.807, 2.05) is 0 Å². The van der Waals surface area contributed by atoms with Gasteiger partial charge in [-0.15, -0.1) is 0 Å². The number of nitrogens with two attached hydrogens (primary N) is 3. The lowest BCUT2D eigenvalue weighted by molar-refractivity contribution is -0.147. The Labute approximate surface area is 112 Å². The van der Waals surface area contributed by atoms with Crippen LogP contribution in [0, 0.1) is 5.41 Å². The zero-order valence-electron chi connectivity index (χ0n) is 11.1. The van der Waals surface area contributed by atoms with Gasteiger partial charge in [0.25, 0.3) is 0 Å². The van der Waals surface area contributed by atoms with Crippen molar-refractivity contribution in [3.63, 3.8) is 0 Å². The minimum Gasteiger partial charge on any atom is -0.368 e. The molecule has 1 fully saturated rings.